The number of pyridine rings is 1. The number of nitrogens with one attached hydrogen (secondary N) is 1. The molecule has 0 saturated heterocycles. The summed E-state index contributed by atoms with van der Waals surface area (Å²) < 4.78 is 0.593. The summed E-state index contributed by atoms with van der Waals surface area (Å²) in [5, 5.41) is 2.45. The van der Waals surface area contributed by atoms with Gasteiger partial charge in [-0.15, -0.1) is 0 Å². The molecule has 1 aromatic heterocycles. The molecule has 0 unspecified atom stereocenters. The number of nitrogens with two attached hydrogens (primary N) is 1. The topological polar surface area (TPSA) is 68.0 Å². The van der Waals surface area contributed by atoms with Gasteiger partial charge in [0.15, 0.2) is 5.69 Å². The summed E-state index contributed by atoms with van der Waals surface area (Å²) >= 11 is 3.15. The molecule has 0 bridgehead atoms. The van der Waals surface area contributed by atoms with Crippen LogP contribution in [0, 0.1) is 0 Å². The van der Waals surface area contributed by atoms with Crippen molar-refractivity contribution in [2.24, 2.45) is 0 Å². The second-order valence-corrected chi connectivity index (χ2v) is 2.96. The van der Waals surface area contributed by atoms with Gasteiger partial charge in [-0.2, -0.15) is 0 Å². The lowest BCUT2D eigenvalue weighted by Gasteiger charge is -2.02. The van der Waals surface area contributed by atoms with Gasteiger partial charge in [-0.3, -0.25) is 4.79 Å². The zero-order valence-electron chi connectivity index (χ0n) is 6.47. The highest BCUT2D eigenvalue weighted by molar-refractivity contribution is 9.10. The minimum absolute atomic E-state index is 0.242. The molecule has 0 atom stereocenters. The lowest BCUT2D eigenvalue weighted by molar-refractivity contribution is 0.0959. The fourth-order valence-corrected chi connectivity index (χ4v) is 1.06. The Kier molecular flexibility index (Phi) is 2.65. The van der Waals surface area contributed by atoms with E-state index in [-0.39, 0.29) is 11.6 Å². The largest absolute Gasteiger partial charge is 0.397 e. The number of hydrogen-bond acceptors (Lipinski definition) is 3. The third-order valence-electron chi connectivity index (χ3n) is 1.33. The molecule has 1 heterocycles. The number of carbonyl (C=O) groups excluding carboxylic acids is 1. The standard InChI is InChI=1S/C7H8BrN3O/c1-10-7(12)6-4(9)2-3-5(8)11-6/h2-3H,9H2,1H3,(H,10,12). The molecule has 0 spiro atoms. The molecule has 1 aromatic rings. The average Bonchev–Trinajstić information content (AvgIpc) is 2.08. The molecule has 0 aromatic carbocycles. The number of nitrogens with zero attached hydrogens (tertiary/aromatic N) is 1. The molecule has 0 radical (unpaired) electrons. The van der Waals surface area contributed by atoms with E-state index < -0.39 is 0 Å². The van der Waals surface area contributed by atoms with Crippen LogP contribution in [0.25, 0.3) is 0 Å². The number of rotatable bonds is 1. The van der Waals surface area contributed by atoms with Crippen molar-refractivity contribution in [2.45, 2.75) is 0 Å². The van der Waals surface area contributed by atoms with Crippen molar-refractivity contribution in [3.63, 3.8) is 0 Å². The Balaban J connectivity index is 3.13. The maximum atomic E-state index is 11.1. The Labute approximate surface area is 78.3 Å². The molecule has 1 rings (SSSR count). The van der Waals surface area contributed by atoms with E-state index in [1.807, 2.05) is 0 Å². The molecule has 64 valence electrons. The monoisotopic (exact) mass is 229 g/mol. The molecular formula is C7H8BrN3O. The lowest BCUT2D eigenvalue weighted by atomic mass is 10.3. The smallest absolute Gasteiger partial charge is 0.271 e. The van der Waals surface area contributed by atoms with Gasteiger partial charge >= 0.3 is 0 Å². The summed E-state index contributed by atoms with van der Waals surface area (Å²) in [6.45, 7) is 0. The molecular weight excluding hydrogens is 222 g/mol. The van der Waals surface area contributed by atoms with Gasteiger partial charge in [-0.05, 0) is 28.1 Å². The van der Waals surface area contributed by atoms with Crippen LogP contribution in [0.15, 0.2) is 16.7 Å². The van der Waals surface area contributed by atoms with Crippen LogP contribution in [0.5, 0.6) is 0 Å². The summed E-state index contributed by atoms with van der Waals surface area (Å²) in [7, 11) is 1.53. The first-order chi connectivity index (χ1) is 5.65. The van der Waals surface area contributed by atoms with Crippen LogP contribution in [-0.2, 0) is 0 Å². The van der Waals surface area contributed by atoms with E-state index in [0.717, 1.165) is 0 Å². The summed E-state index contributed by atoms with van der Waals surface area (Å²) in [4.78, 5) is 15.0. The SMILES string of the molecule is CNC(=O)c1nc(Br)ccc1N. The van der Waals surface area contributed by atoms with Gasteiger partial charge in [-0.25, -0.2) is 4.98 Å². The van der Waals surface area contributed by atoms with Gasteiger partial charge in [0.05, 0.1) is 5.69 Å². The maximum absolute atomic E-state index is 11.1. The Morgan fingerprint density at radius 3 is 2.92 bits per heavy atom. The third-order valence-corrected chi connectivity index (χ3v) is 1.78. The zero-order chi connectivity index (χ0) is 9.14. The minimum atomic E-state index is -0.284. The van der Waals surface area contributed by atoms with Crippen LogP contribution < -0.4 is 11.1 Å². The molecule has 0 fully saturated rings. The van der Waals surface area contributed by atoms with Crippen LogP contribution in [0.1, 0.15) is 10.5 Å². The molecule has 3 N–H and O–H groups in total. The molecule has 4 nitrogen and oxygen atoms in total. The van der Waals surface area contributed by atoms with Crippen molar-refractivity contribution in [3.8, 4) is 0 Å². The molecule has 0 saturated carbocycles. The summed E-state index contributed by atoms with van der Waals surface area (Å²) in [6.07, 6.45) is 0. The number of aromatic nitrogens is 1. The first-order valence-electron chi connectivity index (χ1n) is 3.29. The van der Waals surface area contributed by atoms with Crippen molar-refractivity contribution in [2.75, 3.05) is 12.8 Å². The van der Waals surface area contributed by atoms with E-state index in [0.29, 0.717) is 10.3 Å². The lowest BCUT2D eigenvalue weighted by Crippen LogP contribution is -2.20. The van der Waals surface area contributed by atoms with Crippen LogP contribution >= 0.6 is 15.9 Å². The van der Waals surface area contributed by atoms with Crippen molar-refractivity contribution >= 4 is 27.5 Å². The van der Waals surface area contributed by atoms with Crippen LogP contribution in [0.4, 0.5) is 5.69 Å². The van der Waals surface area contributed by atoms with E-state index >= 15 is 0 Å². The van der Waals surface area contributed by atoms with Gasteiger partial charge < -0.3 is 11.1 Å². The number of amides is 1. The molecule has 5 heteroatoms. The van der Waals surface area contributed by atoms with E-state index in [2.05, 4.69) is 26.2 Å². The quantitative estimate of drug-likeness (QED) is 0.700. The van der Waals surface area contributed by atoms with Gasteiger partial charge in [-0.1, -0.05) is 0 Å². The first-order valence-corrected chi connectivity index (χ1v) is 4.08. The number of carbonyl (C=O) groups is 1. The van der Waals surface area contributed by atoms with Gasteiger partial charge in [0.25, 0.3) is 5.91 Å². The molecule has 0 aliphatic rings. The predicted molar refractivity (Wildman–Crippen MR) is 49.7 cm³/mol. The van der Waals surface area contributed by atoms with Gasteiger partial charge in [0.2, 0.25) is 0 Å². The van der Waals surface area contributed by atoms with Gasteiger partial charge in [0.1, 0.15) is 4.60 Å². The van der Waals surface area contributed by atoms with Crippen LogP contribution in [0.3, 0.4) is 0 Å². The third kappa shape index (κ3) is 1.73. The number of hydrogen-bond donors (Lipinski definition) is 2. The molecule has 1 amide bonds. The Hall–Kier alpha value is -1.10. The van der Waals surface area contributed by atoms with Crippen molar-refractivity contribution in [3.05, 3.63) is 22.4 Å². The molecule has 0 aliphatic carbocycles. The van der Waals surface area contributed by atoms with E-state index in [1.165, 1.54) is 7.05 Å². The summed E-state index contributed by atoms with van der Waals surface area (Å²) in [6, 6.07) is 3.31. The van der Waals surface area contributed by atoms with E-state index in [9.17, 15) is 4.79 Å². The predicted octanol–water partition coefficient (Wildman–Crippen LogP) is 0.786. The number of halogens is 1. The second kappa shape index (κ2) is 3.53. The molecule has 12 heavy (non-hydrogen) atoms. The molecule has 0 aliphatic heterocycles. The number of anilines is 1. The Bertz CT molecular complexity index is 314. The van der Waals surface area contributed by atoms with Crippen LogP contribution in [-0.4, -0.2) is 17.9 Å². The van der Waals surface area contributed by atoms with E-state index in [1.54, 1.807) is 12.1 Å². The summed E-state index contributed by atoms with van der Waals surface area (Å²) in [5.41, 5.74) is 6.14. The van der Waals surface area contributed by atoms with Crippen molar-refractivity contribution in [1.82, 2.24) is 10.3 Å². The zero-order valence-corrected chi connectivity index (χ0v) is 8.05. The van der Waals surface area contributed by atoms with Crippen LogP contribution in [0.2, 0.25) is 0 Å². The highest BCUT2D eigenvalue weighted by Crippen LogP contribution is 2.13. The average molecular weight is 230 g/mol. The second-order valence-electron chi connectivity index (χ2n) is 2.15. The summed E-state index contributed by atoms with van der Waals surface area (Å²) in [5.74, 6) is -0.284. The minimum Gasteiger partial charge on any atom is -0.397 e. The Morgan fingerprint density at radius 2 is 2.33 bits per heavy atom. The Morgan fingerprint density at radius 1 is 1.67 bits per heavy atom. The number of nitrogen functional groups attached to an aromatic ring is 1. The van der Waals surface area contributed by atoms with Gasteiger partial charge in [0, 0.05) is 7.05 Å². The van der Waals surface area contributed by atoms with Crippen molar-refractivity contribution in [1.29, 1.82) is 0 Å². The maximum Gasteiger partial charge on any atom is 0.271 e. The normalized spacial score (nSPS) is 9.50. The fraction of sp³-hybridized carbons (Fsp3) is 0.143. The highest BCUT2D eigenvalue weighted by atomic mass is 79.9. The highest BCUT2D eigenvalue weighted by Gasteiger charge is 2.09. The van der Waals surface area contributed by atoms with Crippen molar-refractivity contribution < 1.29 is 4.79 Å². The van der Waals surface area contributed by atoms with E-state index in [4.69, 9.17) is 5.73 Å². The fourth-order valence-electron chi connectivity index (χ4n) is 0.746. The first kappa shape index (κ1) is 8.99.